The van der Waals surface area contributed by atoms with Crippen LogP contribution in [0.25, 0.3) is 0 Å². The molecule has 6 heteroatoms. The molecule has 29 heavy (non-hydrogen) atoms. The van der Waals surface area contributed by atoms with Crippen LogP contribution in [-0.2, 0) is 14.3 Å². The van der Waals surface area contributed by atoms with E-state index in [1.54, 1.807) is 0 Å². The van der Waals surface area contributed by atoms with Gasteiger partial charge in [0.15, 0.2) is 0 Å². The lowest BCUT2D eigenvalue weighted by Crippen LogP contribution is -2.19. The summed E-state index contributed by atoms with van der Waals surface area (Å²) in [6.07, 6.45) is 20.9. The van der Waals surface area contributed by atoms with E-state index in [1.165, 1.54) is 64.2 Å². The van der Waals surface area contributed by atoms with E-state index < -0.39 is 15.6 Å². The van der Waals surface area contributed by atoms with Gasteiger partial charge in [-0.05, 0) is 19.3 Å². The first-order valence-corrected chi connectivity index (χ1v) is 13.5. The third-order valence-electron chi connectivity index (χ3n) is 5.34. The van der Waals surface area contributed by atoms with Gasteiger partial charge in [0.2, 0.25) is 5.50 Å². The van der Waals surface area contributed by atoms with E-state index in [1.807, 2.05) is 0 Å². The molecule has 0 aromatic rings. The van der Waals surface area contributed by atoms with Crippen molar-refractivity contribution in [3.05, 3.63) is 0 Å². The zero-order valence-electron chi connectivity index (χ0n) is 19.4. The SMILES string of the molecule is CCCCCCCCCCCCCCCOS(=O)(=O)C(F)CCCCCCC.N. The Balaban J connectivity index is 0. The fourth-order valence-corrected chi connectivity index (χ4v) is 4.37. The van der Waals surface area contributed by atoms with Gasteiger partial charge in [-0.3, -0.25) is 4.18 Å². The Hall–Kier alpha value is -0.200. The van der Waals surface area contributed by atoms with E-state index >= 15 is 0 Å². The number of halogens is 1. The van der Waals surface area contributed by atoms with Crippen LogP contribution in [-0.4, -0.2) is 20.5 Å². The summed E-state index contributed by atoms with van der Waals surface area (Å²) >= 11 is 0. The predicted molar refractivity (Wildman–Crippen MR) is 124 cm³/mol. The molecule has 0 heterocycles. The fraction of sp³-hybridized carbons (Fsp3) is 1.00. The summed E-state index contributed by atoms with van der Waals surface area (Å²) in [7, 11) is -4.04. The minimum atomic E-state index is -4.04. The van der Waals surface area contributed by atoms with Gasteiger partial charge in [-0.1, -0.05) is 117 Å². The van der Waals surface area contributed by atoms with Gasteiger partial charge in [-0.2, -0.15) is 8.42 Å². The zero-order chi connectivity index (χ0) is 20.9. The van der Waals surface area contributed by atoms with Crippen LogP contribution < -0.4 is 6.15 Å². The van der Waals surface area contributed by atoms with Crippen molar-refractivity contribution < 1.29 is 17.0 Å². The van der Waals surface area contributed by atoms with Crippen LogP contribution in [0.2, 0.25) is 0 Å². The quantitative estimate of drug-likeness (QED) is 0.136. The van der Waals surface area contributed by atoms with Crippen LogP contribution in [0, 0.1) is 0 Å². The molecule has 0 spiro atoms. The lowest BCUT2D eigenvalue weighted by Gasteiger charge is -2.10. The molecule has 1 atom stereocenters. The topological polar surface area (TPSA) is 78.4 Å². The Labute approximate surface area is 181 Å². The molecule has 0 amide bonds. The molecule has 0 saturated heterocycles. The Bertz CT molecular complexity index is 418. The van der Waals surface area contributed by atoms with Crippen molar-refractivity contribution in [3.8, 4) is 0 Å². The summed E-state index contributed by atoms with van der Waals surface area (Å²) in [4.78, 5) is 0. The van der Waals surface area contributed by atoms with E-state index in [0.717, 1.165) is 38.5 Å². The molecule has 0 bridgehead atoms. The minimum absolute atomic E-state index is 0. The molecule has 1 unspecified atom stereocenters. The smallest absolute Gasteiger partial charge is 0.299 e. The highest BCUT2D eigenvalue weighted by molar-refractivity contribution is 7.87. The number of alkyl halides is 1. The van der Waals surface area contributed by atoms with Crippen molar-refractivity contribution in [1.29, 1.82) is 0 Å². The van der Waals surface area contributed by atoms with Gasteiger partial charge in [0, 0.05) is 0 Å². The van der Waals surface area contributed by atoms with Crippen LogP contribution >= 0.6 is 0 Å². The van der Waals surface area contributed by atoms with Crippen LogP contribution in [0.3, 0.4) is 0 Å². The molecule has 0 rings (SSSR count). The minimum Gasteiger partial charge on any atom is -0.344 e. The lowest BCUT2D eigenvalue weighted by atomic mass is 10.0. The summed E-state index contributed by atoms with van der Waals surface area (Å²) < 4.78 is 42.3. The molecule has 0 aliphatic carbocycles. The maximum atomic E-state index is 13.8. The third-order valence-corrected chi connectivity index (χ3v) is 6.70. The average Bonchev–Trinajstić information content (AvgIpc) is 2.67. The standard InChI is InChI=1S/C23H47FO3S.H3N/c1-3-5-7-9-10-11-12-13-14-15-16-18-20-22-27-28(25,26)23(24)21-19-17-8-6-4-2;/h23H,3-22H2,1-2H3;1H3. The van der Waals surface area contributed by atoms with Crippen LogP contribution in [0.15, 0.2) is 0 Å². The van der Waals surface area contributed by atoms with Gasteiger partial charge >= 0.3 is 0 Å². The van der Waals surface area contributed by atoms with Gasteiger partial charge in [-0.15, -0.1) is 0 Å². The highest BCUT2D eigenvalue weighted by atomic mass is 32.2. The maximum Gasteiger partial charge on any atom is 0.299 e. The zero-order valence-corrected chi connectivity index (χ0v) is 20.3. The van der Waals surface area contributed by atoms with Crippen molar-refractivity contribution in [2.75, 3.05) is 6.61 Å². The second kappa shape index (κ2) is 22.5. The predicted octanol–water partition coefficient (Wildman–Crippen LogP) is 8.24. The van der Waals surface area contributed by atoms with Crippen LogP contribution in [0.5, 0.6) is 0 Å². The summed E-state index contributed by atoms with van der Waals surface area (Å²) in [5, 5.41) is 0. The van der Waals surface area contributed by atoms with E-state index in [4.69, 9.17) is 4.18 Å². The van der Waals surface area contributed by atoms with Crippen molar-refractivity contribution in [3.63, 3.8) is 0 Å². The molecule has 0 fully saturated rings. The number of unbranched alkanes of at least 4 members (excludes halogenated alkanes) is 16. The van der Waals surface area contributed by atoms with Gasteiger partial charge in [0.1, 0.15) is 0 Å². The normalized spacial score (nSPS) is 12.7. The molecule has 0 aromatic carbocycles. The number of hydrogen-bond donors (Lipinski definition) is 1. The second-order valence-corrected chi connectivity index (χ2v) is 9.90. The number of hydrogen-bond acceptors (Lipinski definition) is 4. The van der Waals surface area contributed by atoms with Gasteiger partial charge in [-0.25, -0.2) is 4.39 Å². The first-order valence-electron chi connectivity index (χ1n) is 12.1. The Kier molecular flexibility index (Phi) is 24.0. The Morgan fingerprint density at radius 2 is 0.966 bits per heavy atom. The van der Waals surface area contributed by atoms with E-state index in [2.05, 4.69) is 13.8 Å². The fourth-order valence-electron chi connectivity index (χ4n) is 3.42. The van der Waals surface area contributed by atoms with E-state index in [-0.39, 0.29) is 19.2 Å². The molecular formula is C23H50FNO3S. The molecule has 3 N–H and O–H groups in total. The molecular weight excluding hydrogens is 389 g/mol. The van der Waals surface area contributed by atoms with Crippen molar-refractivity contribution >= 4 is 10.1 Å². The largest absolute Gasteiger partial charge is 0.344 e. The highest BCUT2D eigenvalue weighted by Gasteiger charge is 2.25. The maximum absolute atomic E-state index is 13.8. The molecule has 4 nitrogen and oxygen atoms in total. The summed E-state index contributed by atoms with van der Waals surface area (Å²) in [5.74, 6) is 0. The first-order chi connectivity index (χ1) is 13.5. The summed E-state index contributed by atoms with van der Waals surface area (Å²) in [6, 6.07) is 0. The first kappa shape index (κ1) is 31.0. The molecule has 0 aliphatic heterocycles. The molecule has 178 valence electrons. The second-order valence-electron chi connectivity index (χ2n) is 8.17. The highest BCUT2D eigenvalue weighted by Crippen LogP contribution is 2.17. The van der Waals surface area contributed by atoms with Crippen molar-refractivity contribution in [1.82, 2.24) is 6.15 Å². The van der Waals surface area contributed by atoms with Crippen molar-refractivity contribution in [2.24, 2.45) is 0 Å². The monoisotopic (exact) mass is 439 g/mol. The lowest BCUT2D eigenvalue weighted by molar-refractivity contribution is 0.270. The van der Waals surface area contributed by atoms with E-state index in [9.17, 15) is 12.8 Å². The van der Waals surface area contributed by atoms with Gasteiger partial charge in [0.25, 0.3) is 10.1 Å². The third kappa shape index (κ3) is 20.8. The van der Waals surface area contributed by atoms with Crippen LogP contribution in [0.1, 0.15) is 136 Å². The van der Waals surface area contributed by atoms with Gasteiger partial charge in [0.05, 0.1) is 6.61 Å². The molecule has 0 aliphatic rings. The molecule has 0 aromatic heterocycles. The van der Waals surface area contributed by atoms with E-state index in [0.29, 0.717) is 12.8 Å². The van der Waals surface area contributed by atoms with Crippen molar-refractivity contribution in [2.45, 2.75) is 141 Å². The Morgan fingerprint density at radius 3 is 1.38 bits per heavy atom. The Morgan fingerprint density at radius 1 is 0.621 bits per heavy atom. The molecule has 0 radical (unpaired) electrons. The summed E-state index contributed by atoms with van der Waals surface area (Å²) in [5.41, 5.74) is -1.86. The summed E-state index contributed by atoms with van der Waals surface area (Å²) in [6.45, 7) is 4.49. The molecule has 0 saturated carbocycles. The number of rotatable bonds is 22. The average molecular weight is 440 g/mol. The van der Waals surface area contributed by atoms with Crippen LogP contribution in [0.4, 0.5) is 4.39 Å². The van der Waals surface area contributed by atoms with Gasteiger partial charge < -0.3 is 6.15 Å².